The zero-order valence-corrected chi connectivity index (χ0v) is 18.3. The van der Waals surface area contributed by atoms with Crippen LogP contribution in [0.1, 0.15) is 29.6 Å². The van der Waals surface area contributed by atoms with E-state index in [1.165, 1.54) is 6.42 Å². The third-order valence-corrected chi connectivity index (χ3v) is 6.69. The van der Waals surface area contributed by atoms with E-state index < -0.39 is 0 Å². The molecule has 2 saturated heterocycles. The van der Waals surface area contributed by atoms with Gasteiger partial charge in [0.2, 0.25) is 5.91 Å². The van der Waals surface area contributed by atoms with Gasteiger partial charge in [-0.2, -0.15) is 0 Å². The van der Waals surface area contributed by atoms with Crippen molar-refractivity contribution in [2.24, 2.45) is 0 Å². The van der Waals surface area contributed by atoms with Gasteiger partial charge in [-0.15, -0.1) is 0 Å². The Kier molecular flexibility index (Phi) is 6.21. The normalized spacial score (nSPS) is 21.9. The number of piperidine rings is 1. The Labute approximate surface area is 188 Å². The molecular weight excluding hydrogens is 404 g/mol. The van der Waals surface area contributed by atoms with Gasteiger partial charge in [-0.3, -0.25) is 24.3 Å². The molecule has 0 radical (unpaired) electrons. The van der Waals surface area contributed by atoms with E-state index in [0.29, 0.717) is 29.5 Å². The number of benzene rings is 2. The summed E-state index contributed by atoms with van der Waals surface area (Å²) in [7, 11) is 0. The summed E-state index contributed by atoms with van der Waals surface area (Å²) in [5, 5.41) is 2.97. The molecule has 7 nitrogen and oxygen atoms in total. The highest BCUT2D eigenvalue weighted by molar-refractivity contribution is 6.17. The van der Waals surface area contributed by atoms with Crippen molar-refractivity contribution < 1.29 is 14.3 Å². The number of anilines is 3. The monoisotopic (exact) mass is 434 g/mol. The van der Waals surface area contributed by atoms with Gasteiger partial charge in [0.05, 0.1) is 42.4 Å². The third kappa shape index (κ3) is 4.28. The van der Waals surface area contributed by atoms with Gasteiger partial charge in [-0.25, -0.2) is 0 Å². The number of ether oxygens (including phenoxy) is 1. The fourth-order valence-corrected chi connectivity index (χ4v) is 5.02. The molecule has 1 atom stereocenters. The van der Waals surface area contributed by atoms with Crippen molar-refractivity contribution in [1.29, 1.82) is 0 Å². The number of carbonyl (C=O) groups is 2. The quantitative estimate of drug-likeness (QED) is 0.801. The molecule has 2 aromatic rings. The number of para-hydroxylation sites is 3. The Morgan fingerprint density at radius 3 is 2.56 bits per heavy atom. The molecule has 1 unspecified atom stereocenters. The van der Waals surface area contributed by atoms with Crippen LogP contribution in [0.5, 0.6) is 0 Å². The van der Waals surface area contributed by atoms with Crippen molar-refractivity contribution in [2.45, 2.75) is 25.3 Å². The number of fused-ring (bicyclic) bond motifs is 2. The van der Waals surface area contributed by atoms with Crippen LogP contribution in [-0.2, 0) is 9.53 Å². The lowest BCUT2D eigenvalue weighted by atomic mass is 10.0. The SMILES string of the molecule is O=C1Nc2ccccc2N(C(=O)CN2CCCCC2CN2CCOCC2)c2ccccc21. The van der Waals surface area contributed by atoms with Crippen molar-refractivity contribution >= 4 is 28.9 Å². The van der Waals surface area contributed by atoms with Crippen molar-refractivity contribution in [2.75, 3.05) is 56.2 Å². The lowest BCUT2D eigenvalue weighted by molar-refractivity contribution is -0.120. The van der Waals surface area contributed by atoms with E-state index in [2.05, 4.69) is 15.1 Å². The van der Waals surface area contributed by atoms with E-state index in [4.69, 9.17) is 4.74 Å². The standard InChI is InChI=1S/C25H30N4O3/c30-24(18-28-12-6-5-7-19(28)17-27-13-15-32-16-14-27)29-22-10-3-1-8-20(22)25(31)26-21-9-2-4-11-23(21)29/h1-4,8-11,19H,5-7,12-18H2,(H,26,31). The summed E-state index contributed by atoms with van der Waals surface area (Å²) in [6, 6.07) is 15.2. The van der Waals surface area contributed by atoms with Crippen LogP contribution in [-0.4, -0.2) is 73.6 Å². The highest BCUT2D eigenvalue weighted by Crippen LogP contribution is 2.38. The molecule has 2 aromatic carbocycles. The molecular formula is C25H30N4O3. The molecule has 0 bridgehead atoms. The van der Waals surface area contributed by atoms with Gasteiger partial charge in [0.15, 0.2) is 0 Å². The molecule has 0 aliphatic carbocycles. The summed E-state index contributed by atoms with van der Waals surface area (Å²) in [5.41, 5.74) is 2.53. The second-order valence-electron chi connectivity index (χ2n) is 8.75. The summed E-state index contributed by atoms with van der Waals surface area (Å²) in [4.78, 5) is 33.1. The van der Waals surface area contributed by atoms with Gasteiger partial charge in [-0.1, -0.05) is 30.7 Å². The Morgan fingerprint density at radius 1 is 0.969 bits per heavy atom. The first-order valence-corrected chi connectivity index (χ1v) is 11.6. The number of nitrogens with one attached hydrogen (secondary N) is 1. The van der Waals surface area contributed by atoms with E-state index >= 15 is 0 Å². The Balaban J connectivity index is 1.42. The summed E-state index contributed by atoms with van der Waals surface area (Å²) in [6.07, 6.45) is 3.42. The Bertz CT molecular complexity index is 989. The van der Waals surface area contributed by atoms with Crippen LogP contribution in [0.25, 0.3) is 0 Å². The molecule has 1 N–H and O–H groups in total. The third-order valence-electron chi connectivity index (χ3n) is 6.69. The van der Waals surface area contributed by atoms with Gasteiger partial charge in [0.1, 0.15) is 0 Å². The van der Waals surface area contributed by atoms with Crippen LogP contribution in [0.3, 0.4) is 0 Å². The minimum absolute atomic E-state index is 0.00437. The highest BCUT2D eigenvalue weighted by atomic mass is 16.5. The molecule has 0 saturated carbocycles. The maximum absolute atomic E-state index is 13.8. The molecule has 2 fully saturated rings. The largest absolute Gasteiger partial charge is 0.379 e. The highest BCUT2D eigenvalue weighted by Gasteiger charge is 2.32. The molecule has 168 valence electrons. The maximum Gasteiger partial charge on any atom is 0.257 e. The van der Waals surface area contributed by atoms with E-state index in [1.54, 1.807) is 11.0 Å². The topological polar surface area (TPSA) is 65.1 Å². The number of rotatable bonds is 4. The van der Waals surface area contributed by atoms with E-state index in [0.717, 1.165) is 57.9 Å². The second-order valence-corrected chi connectivity index (χ2v) is 8.75. The zero-order chi connectivity index (χ0) is 21.9. The van der Waals surface area contributed by atoms with Gasteiger partial charge in [0.25, 0.3) is 5.91 Å². The molecule has 0 aromatic heterocycles. The Hall–Kier alpha value is -2.74. The van der Waals surface area contributed by atoms with Crippen LogP contribution < -0.4 is 10.2 Å². The lowest BCUT2D eigenvalue weighted by Crippen LogP contribution is -2.52. The number of nitrogens with zero attached hydrogens (tertiary/aromatic N) is 3. The number of morpholine rings is 1. The fraction of sp³-hybridized carbons (Fsp3) is 0.440. The minimum Gasteiger partial charge on any atom is -0.379 e. The van der Waals surface area contributed by atoms with Gasteiger partial charge < -0.3 is 10.1 Å². The molecule has 3 heterocycles. The van der Waals surface area contributed by atoms with Crippen LogP contribution in [0.15, 0.2) is 48.5 Å². The second kappa shape index (κ2) is 9.40. The van der Waals surface area contributed by atoms with E-state index in [9.17, 15) is 9.59 Å². The molecule has 3 aliphatic heterocycles. The average Bonchev–Trinajstić information content (AvgIpc) is 2.95. The molecule has 0 spiro atoms. The Morgan fingerprint density at radius 2 is 1.72 bits per heavy atom. The van der Waals surface area contributed by atoms with Crippen LogP contribution >= 0.6 is 0 Å². The summed E-state index contributed by atoms with van der Waals surface area (Å²) >= 11 is 0. The number of hydrogen-bond acceptors (Lipinski definition) is 5. The minimum atomic E-state index is -0.188. The van der Waals surface area contributed by atoms with Crippen LogP contribution in [0.2, 0.25) is 0 Å². The van der Waals surface area contributed by atoms with Gasteiger partial charge >= 0.3 is 0 Å². The number of likely N-dealkylation sites (tertiary alicyclic amines) is 1. The fourth-order valence-electron chi connectivity index (χ4n) is 5.02. The van der Waals surface area contributed by atoms with Crippen LogP contribution in [0, 0.1) is 0 Å². The predicted molar refractivity (Wildman–Crippen MR) is 124 cm³/mol. The first-order valence-electron chi connectivity index (χ1n) is 11.6. The van der Waals surface area contributed by atoms with E-state index in [-0.39, 0.29) is 11.8 Å². The van der Waals surface area contributed by atoms with Crippen molar-refractivity contribution in [3.8, 4) is 0 Å². The zero-order valence-electron chi connectivity index (χ0n) is 18.3. The lowest BCUT2D eigenvalue weighted by Gasteiger charge is -2.40. The number of amides is 2. The van der Waals surface area contributed by atoms with Gasteiger partial charge in [-0.05, 0) is 43.7 Å². The summed E-state index contributed by atoms with van der Waals surface area (Å²) in [6.45, 7) is 5.73. The van der Waals surface area contributed by atoms with Gasteiger partial charge in [0, 0.05) is 25.7 Å². The van der Waals surface area contributed by atoms with E-state index in [1.807, 2.05) is 42.5 Å². The first kappa shape index (κ1) is 21.1. The molecule has 3 aliphatic rings. The van der Waals surface area contributed by atoms with Crippen LogP contribution in [0.4, 0.5) is 17.1 Å². The maximum atomic E-state index is 13.8. The average molecular weight is 435 g/mol. The summed E-state index contributed by atoms with van der Waals surface area (Å²) < 4.78 is 5.50. The van der Waals surface area contributed by atoms with Crippen molar-refractivity contribution in [3.63, 3.8) is 0 Å². The predicted octanol–water partition coefficient (Wildman–Crippen LogP) is 3.10. The molecule has 5 rings (SSSR count). The first-order chi connectivity index (χ1) is 15.7. The molecule has 2 amide bonds. The molecule has 7 heteroatoms. The number of hydrogen-bond donors (Lipinski definition) is 1. The van der Waals surface area contributed by atoms with Crippen molar-refractivity contribution in [1.82, 2.24) is 9.80 Å². The molecule has 32 heavy (non-hydrogen) atoms. The van der Waals surface area contributed by atoms with Crippen molar-refractivity contribution in [3.05, 3.63) is 54.1 Å². The smallest absolute Gasteiger partial charge is 0.257 e. The number of carbonyl (C=O) groups excluding carboxylic acids is 2. The summed E-state index contributed by atoms with van der Waals surface area (Å²) in [5.74, 6) is -0.193.